The molecule has 0 saturated heterocycles. The van der Waals surface area contributed by atoms with Gasteiger partial charge in [-0.3, -0.25) is 0 Å². The highest BCUT2D eigenvalue weighted by molar-refractivity contribution is 9.10. The zero-order valence-corrected chi connectivity index (χ0v) is 9.04. The summed E-state index contributed by atoms with van der Waals surface area (Å²) >= 11 is 3.43. The van der Waals surface area contributed by atoms with Crippen LogP contribution in [0.2, 0.25) is 0 Å². The van der Waals surface area contributed by atoms with Crippen molar-refractivity contribution in [2.45, 2.75) is 13.0 Å². The van der Waals surface area contributed by atoms with Gasteiger partial charge in [0.05, 0.1) is 6.61 Å². The molecule has 1 aromatic rings. The van der Waals surface area contributed by atoms with Gasteiger partial charge in [0.15, 0.2) is 0 Å². The topological polar surface area (TPSA) is 35.2 Å². The predicted octanol–water partition coefficient (Wildman–Crippen LogP) is 2.48. The minimum atomic E-state index is 0.0984. The molecule has 0 amide bonds. The van der Waals surface area contributed by atoms with Crippen molar-refractivity contribution in [1.29, 1.82) is 0 Å². The van der Waals surface area contributed by atoms with E-state index in [1.807, 2.05) is 18.2 Å². The highest BCUT2D eigenvalue weighted by atomic mass is 79.9. The fourth-order valence-corrected chi connectivity index (χ4v) is 1.92. The number of hydrogen-bond donors (Lipinski definition) is 1. The molecule has 2 unspecified atom stereocenters. The van der Waals surface area contributed by atoms with Crippen LogP contribution in [0.25, 0.3) is 0 Å². The molecule has 1 aromatic carbocycles. The number of halogens is 1. The van der Waals surface area contributed by atoms with Crippen molar-refractivity contribution in [2.75, 3.05) is 6.61 Å². The van der Waals surface area contributed by atoms with Gasteiger partial charge in [0.25, 0.3) is 0 Å². The summed E-state index contributed by atoms with van der Waals surface area (Å²) in [7, 11) is 0. The van der Waals surface area contributed by atoms with Gasteiger partial charge >= 0.3 is 0 Å². The maximum absolute atomic E-state index is 6.06. The van der Waals surface area contributed by atoms with E-state index in [1.165, 1.54) is 0 Å². The van der Waals surface area contributed by atoms with E-state index in [-0.39, 0.29) is 6.04 Å². The Morgan fingerprint density at radius 1 is 1.54 bits per heavy atom. The molecule has 0 bridgehead atoms. The van der Waals surface area contributed by atoms with Crippen molar-refractivity contribution in [3.63, 3.8) is 0 Å². The van der Waals surface area contributed by atoms with Crippen LogP contribution in [-0.2, 0) is 0 Å². The first-order valence-corrected chi connectivity index (χ1v) is 5.15. The summed E-state index contributed by atoms with van der Waals surface area (Å²) in [5.74, 6) is 1.32. The first-order chi connectivity index (χ1) is 6.18. The van der Waals surface area contributed by atoms with Crippen molar-refractivity contribution in [3.8, 4) is 5.75 Å². The average molecular weight is 242 g/mol. The third kappa shape index (κ3) is 1.58. The third-order valence-electron chi connectivity index (χ3n) is 2.45. The Kier molecular flexibility index (Phi) is 2.30. The molecule has 2 N–H and O–H groups in total. The minimum absolute atomic E-state index is 0.0984. The summed E-state index contributed by atoms with van der Waals surface area (Å²) in [4.78, 5) is 0. The van der Waals surface area contributed by atoms with Gasteiger partial charge in [-0.05, 0) is 18.2 Å². The quantitative estimate of drug-likeness (QED) is 0.758. The lowest BCUT2D eigenvalue weighted by atomic mass is 9.93. The van der Waals surface area contributed by atoms with E-state index in [0.717, 1.165) is 22.4 Å². The van der Waals surface area contributed by atoms with Gasteiger partial charge in [-0.2, -0.15) is 0 Å². The second-order valence-electron chi connectivity index (χ2n) is 3.50. The lowest BCUT2D eigenvalue weighted by Gasteiger charge is -2.28. The molecule has 13 heavy (non-hydrogen) atoms. The number of ether oxygens (including phenoxy) is 1. The van der Waals surface area contributed by atoms with Crippen molar-refractivity contribution < 1.29 is 4.74 Å². The van der Waals surface area contributed by atoms with Crippen LogP contribution in [0.15, 0.2) is 22.7 Å². The van der Waals surface area contributed by atoms with Crippen molar-refractivity contribution >= 4 is 15.9 Å². The maximum Gasteiger partial charge on any atom is 0.124 e. The number of nitrogens with two attached hydrogens (primary N) is 1. The molecular formula is C10H12BrNO. The summed E-state index contributed by atoms with van der Waals surface area (Å²) in [6, 6.07) is 6.07. The van der Waals surface area contributed by atoms with E-state index >= 15 is 0 Å². The predicted molar refractivity (Wildman–Crippen MR) is 55.7 cm³/mol. The second kappa shape index (κ2) is 3.31. The molecular weight excluding hydrogens is 230 g/mol. The minimum Gasteiger partial charge on any atom is -0.493 e. The number of rotatable bonds is 0. The molecule has 1 heterocycles. The van der Waals surface area contributed by atoms with Gasteiger partial charge in [-0.15, -0.1) is 0 Å². The van der Waals surface area contributed by atoms with Gasteiger partial charge < -0.3 is 10.5 Å². The van der Waals surface area contributed by atoms with E-state index in [2.05, 4.69) is 22.9 Å². The Labute approximate surface area is 86.2 Å². The fraction of sp³-hybridized carbons (Fsp3) is 0.400. The fourth-order valence-electron chi connectivity index (χ4n) is 1.54. The number of fused-ring (bicyclic) bond motifs is 1. The molecule has 70 valence electrons. The standard InChI is InChI=1S/C10H12BrNO/c1-6-5-13-9-3-2-7(11)4-8(9)10(6)12/h2-4,6,10H,5,12H2,1H3. The van der Waals surface area contributed by atoms with Crippen molar-refractivity contribution in [3.05, 3.63) is 28.2 Å². The van der Waals surface area contributed by atoms with E-state index in [4.69, 9.17) is 10.5 Å². The Bertz CT molecular complexity index is 327. The summed E-state index contributed by atoms with van der Waals surface area (Å²) < 4.78 is 6.62. The number of hydrogen-bond acceptors (Lipinski definition) is 2. The molecule has 2 rings (SSSR count). The van der Waals surface area contributed by atoms with Crippen molar-refractivity contribution in [1.82, 2.24) is 0 Å². The summed E-state index contributed by atoms with van der Waals surface area (Å²) in [6.45, 7) is 2.82. The lowest BCUT2D eigenvalue weighted by Crippen LogP contribution is -2.29. The lowest BCUT2D eigenvalue weighted by molar-refractivity contribution is 0.207. The molecule has 3 heteroatoms. The normalized spacial score (nSPS) is 26.4. The van der Waals surface area contributed by atoms with Gasteiger partial charge in [0.1, 0.15) is 5.75 Å². The maximum atomic E-state index is 6.06. The first kappa shape index (κ1) is 9.03. The zero-order chi connectivity index (χ0) is 9.42. The Morgan fingerprint density at radius 2 is 2.31 bits per heavy atom. The van der Waals surface area contributed by atoms with E-state index in [9.17, 15) is 0 Å². The molecule has 1 aliphatic heterocycles. The largest absolute Gasteiger partial charge is 0.493 e. The third-order valence-corrected chi connectivity index (χ3v) is 2.94. The van der Waals surface area contributed by atoms with Crippen LogP contribution in [-0.4, -0.2) is 6.61 Å². The van der Waals surface area contributed by atoms with E-state index < -0.39 is 0 Å². The molecule has 1 aliphatic rings. The van der Waals surface area contributed by atoms with Crippen molar-refractivity contribution in [2.24, 2.45) is 11.7 Å². The van der Waals surface area contributed by atoms with Crippen LogP contribution in [0.5, 0.6) is 5.75 Å². The Balaban J connectivity index is 2.45. The molecule has 2 atom stereocenters. The second-order valence-corrected chi connectivity index (χ2v) is 4.41. The van der Waals surface area contributed by atoms with E-state index in [0.29, 0.717) is 5.92 Å². The zero-order valence-electron chi connectivity index (χ0n) is 7.46. The van der Waals surface area contributed by atoms with Crippen LogP contribution in [0.3, 0.4) is 0 Å². The van der Waals surface area contributed by atoms with Crippen LogP contribution < -0.4 is 10.5 Å². The molecule has 0 aliphatic carbocycles. The number of benzene rings is 1. The molecule has 0 aromatic heterocycles. The van der Waals surface area contributed by atoms with Crippen LogP contribution in [0.1, 0.15) is 18.5 Å². The van der Waals surface area contributed by atoms with Crippen LogP contribution in [0, 0.1) is 5.92 Å². The van der Waals surface area contributed by atoms with Gasteiger partial charge in [-0.25, -0.2) is 0 Å². The van der Waals surface area contributed by atoms with Gasteiger partial charge in [0, 0.05) is 22.0 Å². The van der Waals surface area contributed by atoms with Gasteiger partial charge in [0.2, 0.25) is 0 Å². The molecule has 0 saturated carbocycles. The monoisotopic (exact) mass is 241 g/mol. The van der Waals surface area contributed by atoms with Crippen LogP contribution >= 0.6 is 15.9 Å². The summed E-state index contributed by atoms with van der Waals surface area (Å²) in [6.07, 6.45) is 0. The SMILES string of the molecule is CC1COc2ccc(Br)cc2C1N. The molecule has 0 spiro atoms. The molecule has 0 radical (unpaired) electrons. The smallest absolute Gasteiger partial charge is 0.124 e. The first-order valence-electron chi connectivity index (χ1n) is 4.36. The highest BCUT2D eigenvalue weighted by Gasteiger charge is 2.24. The Morgan fingerprint density at radius 3 is 3.08 bits per heavy atom. The Hall–Kier alpha value is -0.540. The highest BCUT2D eigenvalue weighted by Crippen LogP contribution is 2.35. The summed E-state index contributed by atoms with van der Waals surface area (Å²) in [5.41, 5.74) is 7.16. The summed E-state index contributed by atoms with van der Waals surface area (Å²) in [5, 5.41) is 0. The average Bonchev–Trinajstić information content (AvgIpc) is 2.12. The van der Waals surface area contributed by atoms with E-state index in [1.54, 1.807) is 0 Å². The molecule has 2 nitrogen and oxygen atoms in total. The molecule has 0 fully saturated rings. The van der Waals surface area contributed by atoms with Crippen LogP contribution in [0.4, 0.5) is 0 Å². The van der Waals surface area contributed by atoms with Gasteiger partial charge in [-0.1, -0.05) is 22.9 Å².